The number of carbonyl (C=O) groups excluding carboxylic acids is 1. The van der Waals surface area contributed by atoms with Crippen LogP contribution in [-0.2, 0) is 4.79 Å². The quantitative estimate of drug-likeness (QED) is 0.475. The third kappa shape index (κ3) is 2.64. The number of para-hydroxylation sites is 1. The summed E-state index contributed by atoms with van der Waals surface area (Å²) in [5.41, 5.74) is 3.12. The number of anilines is 2. The summed E-state index contributed by atoms with van der Waals surface area (Å²) in [6, 6.07) is 4.98. The number of nitrogen functional groups attached to an aromatic ring is 1. The lowest BCUT2D eigenvalue weighted by Gasteiger charge is -2.35. The molecule has 0 spiro atoms. The maximum absolute atomic E-state index is 11.3. The molecule has 1 heterocycles. The van der Waals surface area contributed by atoms with Gasteiger partial charge in [0.25, 0.3) is 0 Å². The number of hydrogen-bond acceptors (Lipinski definition) is 6. The lowest BCUT2D eigenvalue weighted by atomic mass is 10.2. The van der Waals surface area contributed by atoms with Crippen LogP contribution in [0.5, 0.6) is 0 Å². The number of piperazine rings is 1. The van der Waals surface area contributed by atoms with Crippen LogP contribution in [0.3, 0.4) is 0 Å². The highest BCUT2D eigenvalue weighted by Gasteiger charge is 2.26. The van der Waals surface area contributed by atoms with Gasteiger partial charge in [0, 0.05) is 33.1 Å². The zero-order valence-electron chi connectivity index (χ0n) is 11.2. The van der Waals surface area contributed by atoms with E-state index >= 15 is 0 Å². The first-order chi connectivity index (χ1) is 9.54. The van der Waals surface area contributed by atoms with E-state index in [2.05, 4.69) is 5.43 Å². The van der Waals surface area contributed by atoms with Crippen LogP contribution in [0.15, 0.2) is 18.2 Å². The molecule has 2 rings (SSSR count). The topological polar surface area (TPSA) is 105 Å². The highest BCUT2D eigenvalue weighted by Crippen LogP contribution is 2.35. The van der Waals surface area contributed by atoms with Crippen LogP contribution in [0, 0.1) is 10.1 Å². The number of nitrogens with two attached hydrogens (primary N) is 1. The number of nitrogens with one attached hydrogen (secondary N) is 1. The Bertz CT molecular complexity index is 526. The minimum Gasteiger partial charge on any atom is -0.362 e. The molecule has 0 saturated carbocycles. The van der Waals surface area contributed by atoms with Gasteiger partial charge in [0.1, 0.15) is 11.4 Å². The lowest BCUT2D eigenvalue weighted by molar-refractivity contribution is -0.383. The van der Waals surface area contributed by atoms with Crippen molar-refractivity contribution in [1.29, 1.82) is 0 Å². The van der Waals surface area contributed by atoms with Gasteiger partial charge in [-0.05, 0) is 12.1 Å². The molecule has 1 aromatic rings. The van der Waals surface area contributed by atoms with Crippen molar-refractivity contribution >= 4 is 23.0 Å². The molecule has 0 unspecified atom stereocenters. The molecule has 1 fully saturated rings. The molecule has 1 aliphatic heterocycles. The Kier molecular flexibility index (Phi) is 4.04. The fraction of sp³-hybridized carbons (Fsp3) is 0.417. The summed E-state index contributed by atoms with van der Waals surface area (Å²) in [7, 11) is 0. The summed E-state index contributed by atoms with van der Waals surface area (Å²) in [6.07, 6.45) is 0. The van der Waals surface area contributed by atoms with Gasteiger partial charge in [-0.25, -0.2) is 0 Å². The minimum atomic E-state index is -0.443. The number of nitro groups is 1. The molecule has 3 N–H and O–H groups in total. The van der Waals surface area contributed by atoms with Crippen molar-refractivity contribution in [2.45, 2.75) is 6.92 Å². The average molecular weight is 279 g/mol. The summed E-state index contributed by atoms with van der Waals surface area (Å²) >= 11 is 0. The second-order valence-corrected chi connectivity index (χ2v) is 4.57. The van der Waals surface area contributed by atoms with Crippen LogP contribution >= 0.6 is 0 Å². The van der Waals surface area contributed by atoms with E-state index in [-0.39, 0.29) is 17.3 Å². The van der Waals surface area contributed by atoms with Crippen molar-refractivity contribution in [3.05, 3.63) is 28.3 Å². The first kappa shape index (κ1) is 14.1. The Balaban J connectivity index is 2.26. The Hall–Kier alpha value is -2.35. The number of hydrazine groups is 1. The smallest absolute Gasteiger partial charge is 0.316 e. The van der Waals surface area contributed by atoms with Crippen molar-refractivity contribution in [2.24, 2.45) is 5.84 Å². The minimum absolute atomic E-state index is 0.0246. The predicted molar refractivity (Wildman–Crippen MR) is 75.4 cm³/mol. The second kappa shape index (κ2) is 5.74. The standard InChI is InChI=1S/C12H17N5O3/c1-9(18)15-5-7-16(8-6-15)11-4-2-3-10(14-13)12(11)17(19)20/h2-4,14H,5-8,13H2,1H3. The van der Waals surface area contributed by atoms with E-state index in [9.17, 15) is 14.9 Å². The molecule has 8 nitrogen and oxygen atoms in total. The summed E-state index contributed by atoms with van der Waals surface area (Å²) in [5, 5.41) is 11.2. The Morgan fingerprint density at radius 2 is 2.00 bits per heavy atom. The van der Waals surface area contributed by atoms with E-state index in [1.54, 1.807) is 23.1 Å². The van der Waals surface area contributed by atoms with E-state index in [0.717, 1.165) is 0 Å². The maximum atomic E-state index is 11.3. The first-order valence-corrected chi connectivity index (χ1v) is 6.29. The van der Waals surface area contributed by atoms with Crippen molar-refractivity contribution in [3.63, 3.8) is 0 Å². The molecule has 0 aromatic heterocycles. The highest BCUT2D eigenvalue weighted by molar-refractivity contribution is 5.77. The molecular weight excluding hydrogens is 262 g/mol. The molecule has 108 valence electrons. The van der Waals surface area contributed by atoms with Gasteiger partial charge >= 0.3 is 5.69 Å². The fourth-order valence-corrected chi connectivity index (χ4v) is 2.36. The van der Waals surface area contributed by atoms with E-state index < -0.39 is 4.92 Å². The number of hydrogen-bond donors (Lipinski definition) is 2. The molecule has 1 amide bonds. The maximum Gasteiger partial charge on any atom is 0.316 e. The molecule has 0 bridgehead atoms. The molecule has 1 aliphatic rings. The molecule has 0 radical (unpaired) electrons. The third-order valence-electron chi connectivity index (χ3n) is 3.42. The molecule has 20 heavy (non-hydrogen) atoms. The van der Waals surface area contributed by atoms with Gasteiger partial charge in [-0.2, -0.15) is 0 Å². The number of carbonyl (C=O) groups is 1. The van der Waals surface area contributed by atoms with Crippen molar-refractivity contribution in [2.75, 3.05) is 36.5 Å². The van der Waals surface area contributed by atoms with E-state index in [0.29, 0.717) is 31.9 Å². The van der Waals surface area contributed by atoms with Gasteiger partial charge in [-0.15, -0.1) is 0 Å². The largest absolute Gasteiger partial charge is 0.362 e. The van der Waals surface area contributed by atoms with Gasteiger partial charge in [-0.1, -0.05) is 6.07 Å². The summed E-state index contributed by atoms with van der Waals surface area (Å²) in [5.74, 6) is 5.35. The fourth-order valence-electron chi connectivity index (χ4n) is 2.36. The molecular formula is C12H17N5O3. The zero-order valence-corrected chi connectivity index (χ0v) is 11.2. The van der Waals surface area contributed by atoms with E-state index in [1.165, 1.54) is 6.92 Å². The second-order valence-electron chi connectivity index (χ2n) is 4.57. The van der Waals surface area contributed by atoms with Crippen LogP contribution in [0.25, 0.3) is 0 Å². The zero-order chi connectivity index (χ0) is 14.7. The predicted octanol–water partition coefficient (Wildman–Crippen LogP) is 0.549. The molecule has 1 saturated heterocycles. The van der Waals surface area contributed by atoms with E-state index in [1.807, 2.05) is 4.90 Å². The molecule has 0 atom stereocenters. The molecule has 1 aromatic carbocycles. The lowest BCUT2D eigenvalue weighted by Crippen LogP contribution is -2.48. The van der Waals surface area contributed by atoms with Crippen LogP contribution < -0.4 is 16.2 Å². The van der Waals surface area contributed by atoms with Crippen LogP contribution in [0.1, 0.15) is 6.92 Å². The van der Waals surface area contributed by atoms with Gasteiger partial charge in [0.15, 0.2) is 0 Å². The SMILES string of the molecule is CC(=O)N1CCN(c2cccc(NN)c2[N+](=O)[O-])CC1. The summed E-state index contributed by atoms with van der Waals surface area (Å²) in [4.78, 5) is 25.7. The number of rotatable bonds is 3. The molecule has 8 heteroatoms. The first-order valence-electron chi connectivity index (χ1n) is 6.29. The van der Waals surface area contributed by atoms with Crippen molar-refractivity contribution in [1.82, 2.24) is 4.90 Å². The summed E-state index contributed by atoms with van der Waals surface area (Å²) < 4.78 is 0. The normalized spacial score (nSPS) is 15.1. The highest BCUT2D eigenvalue weighted by atomic mass is 16.6. The van der Waals surface area contributed by atoms with Crippen LogP contribution in [-0.4, -0.2) is 41.9 Å². The average Bonchev–Trinajstić information content (AvgIpc) is 2.46. The van der Waals surface area contributed by atoms with E-state index in [4.69, 9.17) is 5.84 Å². The number of amides is 1. The number of nitrogens with zero attached hydrogens (tertiary/aromatic N) is 3. The monoisotopic (exact) mass is 279 g/mol. The van der Waals surface area contributed by atoms with Crippen molar-refractivity contribution in [3.8, 4) is 0 Å². The van der Waals surface area contributed by atoms with Gasteiger partial charge in [0.2, 0.25) is 5.91 Å². The Labute approximate surface area is 116 Å². The number of benzene rings is 1. The molecule has 0 aliphatic carbocycles. The summed E-state index contributed by atoms with van der Waals surface area (Å²) in [6.45, 7) is 3.78. The van der Waals surface area contributed by atoms with Crippen LogP contribution in [0.2, 0.25) is 0 Å². The Morgan fingerprint density at radius 3 is 2.50 bits per heavy atom. The van der Waals surface area contributed by atoms with Crippen LogP contribution in [0.4, 0.5) is 17.1 Å². The number of nitro benzene ring substituents is 1. The van der Waals surface area contributed by atoms with Crippen molar-refractivity contribution < 1.29 is 9.72 Å². The van der Waals surface area contributed by atoms with Gasteiger partial charge < -0.3 is 15.2 Å². The van der Waals surface area contributed by atoms with Gasteiger partial charge in [0.05, 0.1) is 4.92 Å². The third-order valence-corrected chi connectivity index (χ3v) is 3.42. The van der Waals surface area contributed by atoms with Gasteiger partial charge in [-0.3, -0.25) is 20.8 Å². The Morgan fingerprint density at radius 1 is 1.35 bits per heavy atom.